The van der Waals surface area contributed by atoms with Gasteiger partial charge in [0.1, 0.15) is 5.75 Å². The summed E-state index contributed by atoms with van der Waals surface area (Å²) in [7, 11) is 0. The minimum atomic E-state index is -0.756. The molecule has 126 valence electrons. The lowest BCUT2D eigenvalue weighted by Gasteiger charge is -2.26. The van der Waals surface area contributed by atoms with E-state index in [0.717, 1.165) is 0 Å². The second kappa shape index (κ2) is 7.21. The Morgan fingerprint density at radius 3 is 2.42 bits per heavy atom. The minimum absolute atomic E-state index is 0.0170. The molecule has 1 aliphatic rings. The van der Waals surface area contributed by atoms with Gasteiger partial charge in [0.05, 0.1) is 5.92 Å². The summed E-state index contributed by atoms with van der Waals surface area (Å²) in [6, 6.07) is 12.3. The molecule has 1 aliphatic carbocycles. The minimum Gasteiger partial charge on any atom is -0.481 e. The lowest BCUT2D eigenvalue weighted by Crippen LogP contribution is -2.38. The van der Waals surface area contributed by atoms with Crippen LogP contribution in [0.5, 0.6) is 11.7 Å². The molecule has 1 fully saturated rings. The molecule has 24 heavy (non-hydrogen) atoms. The third-order valence-electron chi connectivity index (χ3n) is 4.18. The number of carbonyl (C=O) groups excluding carboxylic acids is 1. The fourth-order valence-corrected chi connectivity index (χ4v) is 2.84. The molecule has 1 amide bonds. The van der Waals surface area contributed by atoms with Crippen LogP contribution < -0.4 is 10.1 Å². The third kappa shape index (κ3) is 3.95. The average molecular weight is 329 g/mol. The number of carboxylic acid groups (broad SMARTS) is 1. The van der Waals surface area contributed by atoms with E-state index in [1.165, 1.54) is 0 Å². The summed E-state index contributed by atoms with van der Waals surface area (Å²) >= 11 is 0. The summed E-state index contributed by atoms with van der Waals surface area (Å²) < 4.78 is 10.9. The van der Waals surface area contributed by atoms with Crippen molar-refractivity contribution in [2.75, 3.05) is 0 Å². The second-order valence-electron chi connectivity index (χ2n) is 5.89. The van der Waals surface area contributed by atoms with Gasteiger partial charge in [0.15, 0.2) is 5.76 Å². The Kier molecular flexibility index (Phi) is 4.84. The molecule has 1 saturated carbocycles. The highest BCUT2D eigenvalue weighted by Gasteiger charge is 2.27. The van der Waals surface area contributed by atoms with Crippen LogP contribution in [0.2, 0.25) is 0 Å². The first-order chi connectivity index (χ1) is 11.6. The molecule has 0 unspecified atom stereocenters. The molecule has 2 aromatic rings. The van der Waals surface area contributed by atoms with Crippen LogP contribution in [-0.2, 0) is 4.79 Å². The molecule has 0 spiro atoms. The van der Waals surface area contributed by atoms with Crippen LogP contribution in [0.15, 0.2) is 46.9 Å². The Hall–Kier alpha value is -2.76. The van der Waals surface area contributed by atoms with Crippen molar-refractivity contribution in [1.29, 1.82) is 0 Å². The van der Waals surface area contributed by atoms with Crippen molar-refractivity contribution < 1.29 is 23.8 Å². The number of hydrogen-bond acceptors (Lipinski definition) is 4. The van der Waals surface area contributed by atoms with Gasteiger partial charge in [-0.2, -0.15) is 0 Å². The number of carbonyl (C=O) groups is 2. The van der Waals surface area contributed by atoms with Crippen LogP contribution in [0.25, 0.3) is 0 Å². The molecule has 1 aromatic heterocycles. The summed E-state index contributed by atoms with van der Waals surface area (Å²) in [4.78, 5) is 23.2. The monoisotopic (exact) mass is 329 g/mol. The number of hydrogen-bond donors (Lipinski definition) is 2. The highest BCUT2D eigenvalue weighted by molar-refractivity contribution is 5.91. The molecule has 6 heteroatoms. The number of para-hydroxylation sites is 1. The first kappa shape index (κ1) is 16.1. The summed E-state index contributed by atoms with van der Waals surface area (Å²) in [6.45, 7) is 0. The maximum absolute atomic E-state index is 12.2. The van der Waals surface area contributed by atoms with Gasteiger partial charge < -0.3 is 19.6 Å². The van der Waals surface area contributed by atoms with E-state index >= 15 is 0 Å². The van der Waals surface area contributed by atoms with Crippen LogP contribution in [0.1, 0.15) is 36.2 Å². The van der Waals surface area contributed by atoms with Crippen molar-refractivity contribution in [3.8, 4) is 11.7 Å². The van der Waals surface area contributed by atoms with Crippen molar-refractivity contribution in [2.24, 2.45) is 5.92 Å². The van der Waals surface area contributed by atoms with E-state index in [1.807, 2.05) is 18.2 Å². The molecule has 0 aliphatic heterocycles. The van der Waals surface area contributed by atoms with Crippen LogP contribution in [0.3, 0.4) is 0 Å². The van der Waals surface area contributed by atoms with Gasteiger partial charge in [-0.1, -0.05) is 18.2 Å². The number of rotatable bonds is 5. The van der Waals surface area contributed by atoms with E-state index < -0.39 is 5.97 Å². The second-order valence-corrected chi connectivity index (χ2v) is 5.89. The van der Waals surface area contributed by atoms with Crippen molar-refractivity contribution >= 4 is 11.9 Å². The number of amides is 1. The first-order valence-electron chi connectivity index (χ1n) is 7.98. The summed E-state index contributed by atoms with van der Waals surface area (Å²) in [5, 5.41) is 11.9. The quantitative estimate of drug-likeness (QED) is 0.877. The van der Waals surface area contributed by atoms with Gasteiger partial charge in [-0.15, -0.1) is 0 Å². The first-order valence-corrected chi connectivity index (χ1v) is 7.98. The van der Waals surface area contributed by atoms with Gasteiger partial charge in [0, 0.05) is 12.1 Å². The fraction of sp³-hybridized carbons (Fsp3) is 0.333. The van der Waals surface area contributed by atoms with E-state index in [1.54, 1.807) is 24.3 Å². The predicted octanol–water partition coefficient (Wildman–Crippen LogP) is 3.45. The lowest BCUT2D eigenvalue weighted by atomic mass is 9.86. The van der Waals surface area contributed by atoms with Gasteiger partial charge in [-0.05, 0) is 43.9 Å². The van der Waals surface area contributed by atoms with Crippen molar-refractivity contribution in [3.05, 3.63) is 48.2 Å². The summed E-state index contributed by atoms with van der Waals surface area (Å²) in [5.74, 6) is -0.300. The molecule has 1 heterocycles. The smallest absolute Gasteiger partial charge is 0.306 e. The molecule has 0 bridgehead atoms. The molecule has 1 aromatic carbocycles. The van der Waals surface area contributed by atoms with E-state index in [9.17, 15) is 9.59 Å². The Balaban J connectivity index is 1.54. The molecule has 0 radical (unpaired) electrons. The van der Waals surface area contributed by atoms with E-state index in [0.29, 0.717) is 31.4 Å². The number of nitrogens with one attached hydrogen (secondary N) is 1. The van der Waals surface area contributed by atoms with Gasteiger partial charge in [-0.25, -0.2) is 0 Å². The number of ether oxygens (including phenoxy) is 1. The Bertz CT molecular complexity index is 701. The Morgan fingerprint density at radius 2 is 1.75 bits per heavy atom. The zero-order valence-electron chi connectivity index (χ0n) is 13.1. The van der Waals surface area contributed by atoms with Gasteiger partial charge in [-0.3, -0.25) is 9.59 Å². The van der Waals surface area contributed by atoms with Crippen LogP contribution in [-0.4, -0.2) is 23.0 Å². The van der Waals surface area contributed by atoms with Crippen LogP contribution in [0.4, 0.5) is 0 Å². The lowest BCUT2D eigenvalue weighted by molar-refractivity contribution is -0.142. The predicted molar refractivity (Wildman–Crippen MR) is 86.1 cm³/mol. The summed E-state index contributed by atoms with van der Waals surface area (Å²) in [6.07, 6.45) is 2.50. The largest absolute Gasteiger partial charge is 0.481 e. The SMILES string of the molecule is O=C(NC1CCC(C(=O)O)CC1)c1ccc(Oc2ccccc2)o1. The molecular formula is C18H19NO5. The standard InChI is InChI=1S/C18H19NO5/c20-17(19-13-8-6-12(7-9-13)18(21)22)15-10-11-16(24-15)23-14-4-2-1-3-5-14/h1-5,10-13H,6-9H2,(H,19,20)(H,21,22). The highest BCUT2D eigenvalue weighted by atomic mass is 16.6. The molecule has 0 atom stereocenters. The summed E-state index contributed by atoms with van der Waals surface area (Å²) in [5.41, 5.74) is 0. The highest BCUT2D eigenvalue weighted by Crippen LogP contribution is 2.26. The van der Waals surface area contributed by atoms with Crippen molar-refractivity contribution in [1.82, 2.24) is 5.32 Å². The van der Waals surface area contributed by atoms with Crippen LogP contribution in [0, 0.1) is 5.92 Å². The average Bonchev–Trinajstić information content (AvgIpc) is 3.05. The number of furan rings is 1. The molecule has 2 N–H and O–H groups in total. The zero-order chi connectivity index (χ0) is 16.9. The molecular weight excluding hydrogens is 310 g/mol. The topological polar surface area (TPSA) is 88.8 Å². The van der Waals surface area contributed by atoms with Gasteiger partial charge in [0.25, 0.3) is 11.9 Å². The number of aliphatic carboxylic acids is 1. The van der Waals surface area contributed by atoms with E-state index in [4.69, 9.17) is 14.3 Å². The van der Waals surface area contributed by atoms with E-state index in [-0.39, 0.29) is 29.6 Å². The van der Waals surface area contributed by atoms with Gasteiger partial charge >= 0.3 is 5.97 Å². The van der Waals surface area contributed by atoms with E-state index in [2.05, 4.69) is 5.32 Å². The third-order valence-corrected chi connectivity index (χ3v) is 4.18. The Morgan fingerprint density at radius 1 is 1.04 bits per heavy atom. The van der Waals surface area contributed by atoms with Gasteiger partial charge in [0.2, 0.25) is 0 Å². The van der Waals surface area contributed by atoms with Crippen LogP contribution >= 0.6 is 0 Å². The number of carboxylic acids is 1. The van der Waals surface area contributed by atoms with Crippen molar-refractivity contribution in [2.45, 2.75) is 31.7 Å². The maximum Gasteiger partial charge on any atom is 0.306 e. The van der Waals surface area contributed by atoms with Crippen molar-refractivity contribution in [3.63, 3.8) is 0 Å². The molecule has 6 nitrogen and oxygen atoms in total. The fourth-order valence-electron chi connectivity index (χ4n) is 2.84. The molecule has 3 rings (SSSR count). The zero-order valence-corrected chi connectivity index (χ0v) is 13.1. The normalized spacial score (nSPS) is 20.3. The number of benzene rings is 1. The Labute approximate surface area is 139 Å². The maximum atomic E-state index is 12.2. The molecule has 0 saturated heterocycles.